The van der Waals surface area contributed by atoms with E-state index in [0.717, 1.165) is 18.4 Å². The van der Waals surface area contributed by atoms with Crippen LogP contribution in [0, 0.1) is 10.8 Å². The van der Waals surface area contributed by atoms with E-state index in [1.54, 1.807) is 20.8 Å². The third-order valence-electron chi connectivity index (χ3n) is 9.68. The number of nitrogens with one attached hydrogen (secondary N) is 4. The van der Waals surface area contributed by atoms with Crippen molar-refractivity contribution in [3.63, 3.8) is 0 Å². The van der Waals surface area contributed by atoms with Crippen molar-refractivity contribution in [1.82, 2.24) is 26.2 Å². The van der Waals surface area contributed by atoms with Gasteiger partial charge >= 0.3 is 6.09 Å². The summed E-state index contributed by atoms with van der Waals surface area (Å²) in [6.45, 7) is 8.64. The van der Waals surface area contributed by atoms with E-state index in [9.17, 15) is 28.8 Å². The Kier molecular flexibility index (Phi) is 11.6. The van der Waals surface area contributed by atoms with Gasteiger partial charge in [0.2, 0.25) is 17.6 Å². The summed E-state index contributed by atoms with van der Waals surface area (Å²) in [4.78, 5) is 86.6. The number of carbonyl (C=O) groups is 6. The minimum atomic E-state index is -1.07. The van der Waals surface area contributed by atoms with E-state index in [2.05, 4.69) is 26.3 Å². The number of amides is 5. The molecular formula is C36H50N6O8. The molecule has 1 aliphatic carbocycles. The lowest BCUT2D eigenvalue weighted by atomic mass is 9.82. The van der Waals surface area contributed by atoms with Crippen molar-refractivity contribution in [3.05, 3.63) is 35.9 Å². The molecule has 1 aromatic carbocycles. The number of carbonyl (C=O) groups excluding carboxylic acids is 6. The largest absolute Gasteiger partial charge is 0.444 e. The van der Waals surface area contributed by atoms with Gasteiger partial charge in [-0.3, -0.25) is 29.0 Å². The zero-order valence-electron chi connectivity index (χ0n) is 29.4. The number of nitrogens with zero attached hydrogens (tertiary/aromatic N) is 2. The van der Waals surface area contributed by atoms with Crippen molar-refractivity contribution < 1.29 is 38.2 Å². The lowest BCUT2D eigenvalue weighted by Gasteiger charge is -2.35. The van der Waals surface area contributed by atoms with Crippen LogP contribution in [0.3, 0.4) is 0 Å². The molecule has 2 saturated heterocycles. The maximum absolute atomic E-state index is 14.5. The van der Waals surface area contributed by atoms with Gasteiger partial charge in [-0.2, -0.15) is 0 Å². The minimum absolute atomic E-state index is 0.0246. The Labute approximate surface area is 292 Å². The first-order chi connectivity index (χ1) is 23.8. The lowest BCUT2D eigenvalue weighted by Crippen LogP contribution is -2.59. The maximum Gasteiger partial charge on any atom is 0.408 e. The molecule has 14 nitrogen and oxygen atoms in total. The molecule has 5 amide bonds. The van der Waals surface area contributed by atoms with E-state index in [1.165, 1.54) is 4.90 Å². The number of hydrogen-bond donors (Lipinski definition) is 4. The van der Waals surface area contributed by atoms with Gasteiger partial charge in [0.05, 0.1) is 19.3 Å². The van der Waals surface area contributed by atoms with Gasteiger partial charge in [0.25, 0.3) is 11.8 Å². The Morgan fingerprint density at radius 3 is 2.44 bits per heavy atom. The molecule has 1 aromatic rings. The summed E-state index contributed by atoms with van der Waals surface area (Å²) in [6.07, 6.45) is 2.17. The van der Waals surface area contributed by atoms with Crippen molar-refractivity contribution in [1.29, 1.82) is 0 Å². The number of ketones is 1. The molecule has 14 heteroatoms. The summed E-state index contributed by atoms with van der Waals surface area (Å²) in [5.74, 6) is -2.87. The number of aliphatic imine (C=N–C) groups is 1. The Morgan fingerprint density at radius 1 is 1.06 bits per heavy atom. The van der Waals surface area contributed by atoms with Crippen molar-refractivity contribution in [3.8, 4) is 0 Å². The van der Waals surface area contributed by atoms with Gasteiger partial charge in [-0.1, -0.05) is 64.4 Å². The molecular weight excluding hydrogens is 644 g/mol. The van der Waals surface area contributed by atoms with E-state index < -0.39 is 64.7 Å². The second kappa shape index (κ2) is 15.7. The van der Waals surface area contributed by atoms with E-state index in [1.807, 2.05) is 37.3 Å². The van der Waals surface area contributed by atoms with Crippen LogP contribution in [-0.2, 0) is 40.0 Å². The third kappa shape index (κ3) is 9.26. The fourth-order valence-corrected chi connectivity index (χ4v) is 6.72. The molecule has 3 heterocycles. The fraction of sp³-hybridized carbons (Fsp3) is 0.639. The van der Waals surface area contributed by atoms with Crippen LogP contribution in [0.2, 0.25) is 0 Å². The fourth-order valence-electron chi connectivity index (χ4n) is 6.72. The zero-order valence-corrected chi connectivity index (χ0v) is 29.4. The third-order valence-corrected chi connectivity index (χ3v) is 9.68. The molecule has 50 heavy (non-hydrogen) atoms. The average molecular weight is 695 g/mol. The molecule has 1 spiro atoms. The van der Waals surface area contributed by atoms with Gasteiger partial charge in [-0.15, -0.1) is 0 Å². The SMILES string of the molecule is CCC[C@H](NC(=O)[C@@H]1C[C@@]2(CN=C(C(=O)NCc3ccccc3)C2)CN1C(=O)[C@@H](NC(=O)O[C@H]1CCOC1)C(C)(C)C)C(=O)C(=O)NC1CC1. The summed E-state index contributed by atoms with van der Waals surface area (Å²) < 4.78 is 10.8. The molecule has 3 fully saturated rings. The molecule has 5 rings (SSSR count). The van der Waals surface area contributed by atoms with Crippen LogP contribution < -0.4 is 21.3 Å². The number of ether oxygens (including phenoxy) is 2. The van der Waals surface area contributed by atoms with Gasteiger partial charge in [-0.05, 0) is 36.7 Å². The summed E-state index contributed by atoms with van der Waals surface area (Å²) in [5.41, 5.74) is -0.243. The topological polar surface area (TPSA) is 185 Å². The maximum atomic E-state index is 14.5. The summed E-state index contributed by atoms with van der Waals surface area (Å²) >= 11 is 0. The lowest BCUT2D eigenvalue weighted by molar-refractivity contribution is -0.144. The smallest absolute Gasteiger partial charge is 0.408 e. The number of hydrogen-bond acceptors (Lipinski definition) is 9. The molecule has 0 aromatic heterocycles. The predicted octanol–water partition coefficient (Wildman–Crippen LogP) is 1.80. The van der Waals surface area contributed by atoms with Crippen LogP contribution >= 0.6 is 0 Å². The molecule has 0 radical (unpaired) electrons. The Bertz CT molecular complexity index is 1480. The summed E-state index contributed by atoms with van der Waals surface area (Å²) in [5, 5.41) is 11.1. The number of likely N-dealkylation sites (tertiary alicyclic amines) is 1. The molecule has 4 aliphatic rings. The van der Waals surface area contributed by atoms with E-state index in [4.69, 9.17) is 9.47 Å². The van der Waals surface area contributed by atoms with Crippen molar-refractivity contribution in [2.75, 3.05) is 26.3 Å². The van der Waals surface area contributed by atoms with Gasteiger partial charge < -0.3 is 35.6 Å². The average Bonchev–Trinajstić information content (AvgIpc) is 3.43. The second-order valence-corrected chi connectivity index (χ2v) is 15.1. The van der Waals surface area contributed by atoms with Gasteiger partial charge in [-0.25, -0.2) is 4.79 Å². The van der Waals surface area contributed by atoms with Crippen LogP contribution in [0.1, 0.15) is 78.2 Å². The van der Waals surface area contributed by atoms with E-state index in [-0.39, 0.29) is 50.9 Å². The first kappa shape index (κ1) is 36.9. The molecule has 4 N–H and O–H groups in total. The molecule has 272 valence electrons. The number of benzene rings is 1. The quantitative estimate of drug-likeness (QED) is 0.225. The van der Waals surface area contributed by atoms with E-state index >= 15 is 0 Å². The number of Topliss-reactive ketones (excluding diaryl/α,β-unsaturated/α-hetero) is 1. The molecule has 0 bridgehead atoms. The van der Waals surface area contributed by atoms with Crippen molar-refractivity contribution >= 4 is 41.2 Å². The molecule has 5 atom stereocenters. The Hall–Kier alpha value is -4.33. The molecule has 1 saturated carbocycles. The molecule has 0 unspecified atom stereocenters. The van der Waals surface area contributed by atoms with Crippen molar-refractivity contribution in [2.45, 2.75) is 109 Å². The minimum Gasteiger partial charge on any atom is -0.444 e. The first-order valence-electron chi connectivity index (χ1n) is 17.6. The Morgan fingerprint density at radius 2 is 1.80 bits per heavy atom. The monoisotopic (exact) mass is 694 g/mol. The molecule has 3 aliphatic heterocycles. The number of rotatable bonds is 13. The second-order valence-electron chi connectivity index (χ2n) is 15.1. The predicted molar refractivity (Wildman–Crippen MR) is 183 cm³/mol. The Balaban J connectivity index is 1.34. The highest BCUT2D eigenvalue weighted by Crippen LogP contribution is 2.43. The van der Waals surface area contributed by atoms with Gasteiger partial charge in [0.1, 0.15) is 23.9 Å². The van der Waals surface area contributed by atoms with Gasteiger partial charge in [0, 0.05) is 43.9 Å². The van der Waals surface area contributed by atoms with Crippen LogP contribution in [-0.4, -0.2) is 103 Å². The highest BCUT2D eigenvalue weighted by Gasteiger charge is 2.54. The van der Waals surface area contributed by atoms with Gasteiger partial charge in [0.15, 0.2) is 0 Å². The summed E-state index contributed by atoms with van der Waals surface area (Å²) in [6, 6.07) is 6.27. The highest BCUT2D eigenvalue weighted by molar-refractivity contribution is 6.39. The first-order valence-corrected chi connectivity index (χ1v) is 17.6. The standard InChI is InChI=1S/C36H50N6O8/c1-5-9-25(28(43)32(46)39-23-12-13-23)40-31(45)27-17-36(16-26(38-20-36)30(44)37-18-22-10-7-6-8-11-22)21-42(27)33(47)29(35(2,3)4)41-34(48)50-24-14-15-49-19-24/h6-8,10-11,23-25,27,29H,5,9,12-21H2,1-4H3,(H,37,44)(H,39,46)(H,40,45)(H,41,48)/t24-,25-,27-,29+,36-/m0/s1. The van der Waals surface area contributed by atoms with Crippen LogP contribution in [0.15, 0.2) is 35.3 Å². The summed E-state index contributed by atoms with van der Waals surface area (Å²) in [7, 11) is 0. The highest BCUT2D eigenvalue weighted by atomic mass is 16.6. The normalized spacial score (nSPS) is 24.2. The number of alkyl carbamates (subject to hydrolysis) is 1. The van der Waals surface area contributed by atoms with Crippen LogP contribution in [0.25, 0.3) is 0 Å². The van der Waals surface area contributed by atoms with Crippen LogP contribution in [0.5, 0.6) is 0 Å². The van der Waals surface area contributed by atoms with E-state index in [0.29, 0.717) is 31.7 Å². The van der Waals surface area contributed by atoms with Crippen molar-refractivity contribution in [2.24, 2.45) is 15.8 Å². The van der Waals surface area contributed by atoms with Crippen LogP contribution in [0.4, 0.5) is 4.79 Å². The zero-order chi connectivity index (χ0) is 36.1.